The van der Waals surface area contributed by atoms with E-state index in [0.717, 1.165) is 10.5 Å². The number of ether oxygens (including phenoxy) is 2. The summed E-state index contributed by atoms with van der Waals surface area (Å²) < 4.78 is 10.5. The molecular formula is C27H35N7O7. The van der Waals surface area contributed by atoms with Gasteiger partial charge in [-0.15, -0.1) is 0 Å². The van der Waals surface area contributed by atoms with Crippen LogP contribution in [0.3, 0.4) is 0 Å². The van der Waals surface area contributed by atoms with Gasteiger partial charge in [0.2, 0.25) is 11.9 Å². The van der Waals surface area contributed by atoms with E-state index in [1.165, 1.54) is 4.90 Å². The Balaban J connectivity index is 1.48. The Morgan fingerprint density at radius 3 is 2.44 bits per heavy atom. The Hall–Kier alpha value is -4.75. The molecule has 41 heavy (non-hydrogen) atoms. The van der Waals surface area contributed by atoms with Gasteiger partial charge in [-0.1, -0.05) is 30.3 Å². The van der Waals surface area contributed by atoms with E-state index in [2.05, 4.69) is 25.9 Å². The van der Waals surface area contributed by atoms with E-state index >= 15 is 0 Å². The lowest BCUT2D eigenvalue weighted by Gasteiger charge is -2.25. The summed E-state index contributed by atoms with van der Waals surface area (Å²) in [6.07, 6.45) is 2.85. The van der Waals surface area contributed by atoms with Gasteiger partial charge in [-0.25, -0.2) is 24.4 Å². The van der Waals surface area contributed by atoms with E-state index in [-0.39, 0.29) is 26.2 Å². The Bertz CT molecular complexity index is 1210. The number of hydrogen-bond acceptors (Lipinski definition) is 10. The SMILES string of the molecule is CC(C)(C)OC(=O)C(CNC(=O)CN1C(=O)CN(CCCNc2ncccn2)C1=O)NC(=O)OCc1ccccc1. The van der Waals surface area contributed by atoms with Crippen LogP contribution in [0.4, 0.5) is 15.5 Å². The summed E-state index contributed by atoms with van der Waals surface area (Å²) in [6.45, 7) is 4.70. The second-order valence-corrected chi connectivity index (χ2v) is 10.1. The van der Waals surface area contributed by atoms with Gasteiger partial charge in [0.1, 0.15) is 31.3 Å². The van der Waals surface area contributed by atoms with Crippen molar-refractivity contribution in [2.45, 2.75) is 45.4 Å². The lowest BCUT2D eigenvalue weighted by atomic mass is 10.2. The number of esters is 1. The van der Waals surface area contributed by atoms with Crippen LogP contribution in [-0.4, -0.2) is 94.0 Å². The van der Waals surface area contributed by atoms with Crippen LogP contribution in [0, 0.1) is 0 Å². The fourth-order valence-electron chi connectivity index (χ4n) is 3.67. The van der Waals surface area contributed by atoms with Crippen LogP contribution in [0.5, 0.6) is 0 Å². The predicted octanol–water partition coefficient (Wildman–Crippen LogP) is 1.30. The molecule has 1 fully saturated rings. The van der Waals surface area contributed by atoms with Gasteiger partial charge in [0.05, 0.1) is 0 Å². The van der Waals surface area contributed by atoms with Crippen LogP contribution in [0.15, 0.2) is 48.8 Å². The number of anilines is 1. The number of benzene rings is 1. The zero-order valence-electron chi connectivity index (χ0n) is 23.3. The third-order valence-electron chi connectivity index (χ3n) is 5.58. The average Bonchev–Trinajstić information content (AvgIpc) is 3.19. The van der Waals surface area contributed by atoms with Crippen molar-refractivity contribution in [3.8, 4) is 0 Å². The van der Waals surface area contributed by atoms with E-state index in [4.69, 9.17) is 9.47 Å². The monoisotopic (exact) mass is 569 g/mol. The standard InChI is InChI=1S/C27H35N7O7/c1-27(2,3)41-23(37)20(32-25(38)40-18-19-9-5-4-6-10-19)15-31-21(35)16-34-22(36)17-33(26(34)39)14-8-13-30-24-28-11-7-12-29-24/h4-7,9-12,20H,8,13-18H2,1-3H3,(H,31,35)(H,32,38)(H,28,29,30). The summed E-state index contributed by atoms with van der Waals surface area (Å²) in [4.78, 5) is 73.1. The minimum Gasteiger partial charge on any atom is -0.458 e. The summed E-state index contributed by atoms with van der Waals surface area (Å²) in [7, 11) is 0. The molecule has 0 radical (unpaired) electrons. The van der Waals surface area contributed by atoms with Crippen molar-refractivity contribution in [1.29, 1.82) is 0 Å². The van der Waals surface area contributed by atoms with Crippen molar-refractivity contribution in [1.82, 2.24) is 30.4 Å². The molecule has 14 nitrogen and oxygen atoms in total. The van der Waals surface area contributed by atoms with E-state index in [9.17, 15) is 24.0 Å². The molecule has 2 aromatic rings. The summed E-state index contributed by atoms with van der Waals surface area (Å²) in [5.41, 5.74) is -0.101. The molecule has 1 saturated heterocycles. The number of urea groups is 1. The maximum absolute atomic E-state index is 12.7. The molecule has 14 heteroatoms. The molecule has 1 aliphatic heterocycles. The fraction of sp³-hybridized carbons (Fsp3) is 0.444. The van der Waals surface area contributed by atoms with Crippen molar-refractivity contribution in [3.63, 3.8) is 0 Å². The average molecular weight is 570 g/mol. The molecule has 220 valence electrons. The molecule has 0 saturated carbocycles. The molecule has 0 bridgehead atoms. The van der Waals surface area contributed by atoms with Crippen molar-refractivity contribution >= 4 is 35.9 Å². The van der Waals surface area contributed by atoms with Crippen LogP contribution in [0.25, 0.3) is 0 Å². The molecule has 0 spiro atoms. The zero-order valence-corrected chi connectivity index (χ0v) is 23.3. The topological polar surface area (TPSA) is 172 Å². The Morgan fingerprint density at radius 1 is 1.05 bits per heavy atom. The highest BCUT2D eigenvalue weighted by atomic mass is 16.6. The molecule has 5 amide bonds. The Kier molecular flexibility index (Phi) is 11.0. The van der Waals surface area contributed by atoms with Crippen LogP contribution in [0.2, 0.25) is 0 Å². The maximum atomic E-state index is 12.7. The van der Waals surface area contributed by atoms with Crippen LogP contribution >= 0.6 is 0 Å². The second kappa shape index (κ2) is 14.6. The molecule has 1 aromatic heterocycles. The van der Waals surface area contributed by atoms with Gasteiger partial charge in [0.25, 0.3) is 5.91 Å². The lowest BCUT2D eigenvalue weighted by molar-refractivity contribution is -0.157. The summed E-state index contributed by atoms with van der Waals surface area (Å²) in [5.74, 6) is -1.54. The second-order valence-electron chi connectivity index (χ2n) is 10.1. The van der Waals surface area contributed by atoms with Crippen molar-refractivity contribution in [2.24, 2.45) is 0 Å². The largest absolute Gasteiger partial charge is 0.458 e. The number of aromatic nitrogens is 2. The van der Waals surface area contributed by atoms with Gasteiger partial charge in [-0.2, -0.15) is 0 Å². The minimum atomic E-state index is -1.27. The van der Waals surface area contributed by atoms with E-state index in [1.807, 2.05) is 6.07 Å². The van der Waals surface area contributed by atoms with Gasteiger partial charge in [0, 0.05) is 32.0 Å². The Morgan fingerprint density at radius 2 is 1.76 bits per heavy atom. The summed E-state index contributed by atoms with van der Waals surface area (Å²) in [6, 6.07) is 8.80. The van der Waals surface area contributed by atoms with Crippen LogP contribution in [-0.2, 0) is 30.5 Å². The quantitative estimate of drug-likeness (QED) is 0.181. The van der Waals surface area contributed by atoms with Gasteiger partial charge in [0.15, 0.2) is 0 Å². The highest BCUT2D eigenvalue weighted by Gasteiger charge is 2.37. The predicted molar refractivity (Wildman–Crippen MR) is 146 cm³/mol. The van der Waals surface area contributed by atoms with Crippen LogP contribution in [0.1, 0.15) is 32.8 Å². The molecule has 1 atom stereocenters. The number of carbonyl (C=O) groups is 5. The van der Waals surface area contributed by atoms with Crippen molar-refractivity contribution in [2.75, 3.05) is 38.0 Å². The molecule has 2 heterocycles. The number of amides is 5. The van der Waals surface area contributed by atoms with E-state index in [0.29, 0.717) is 18.9 Å². The minimum absolute atomic E-state index is 0.0220. The smallest absolute Gasteiger partial charge is 0.408 e. The highest BCUT2D eigenvalue weighted by Crippen LogP contribution is 2.11. The molecule has 1 aromatic carbocycles. The number of hydrogen-bond donors (Lipinski definition) is 3. The first-order chi connectivity index (χ1) is 19.5. The van der Waals surface area contributed by atoms with Crippen molar-refractivity contribution in [3.05, 3.63) is 54.4 Å². The highest BCUT2D eigenvalue weighted by molar-refractivity contribution is 6.04. The third kappa shape index (κ3) is 10.4. The lowest BCUT2D eigenvalue weighted by Crippen LogP contribution is -2.52. The Labute approximate surface area is 237 Å². The molecule has 3 N–H and O–H groups in total. The maximum Gasteiger partial charge on any atom is 0.408 e. The van der Waals surface area contributed by atoms with Gasteiger partial charge >= 0.3 is 18.1 Å². The normalized spacial score (nSPS) is 13.9. The van der Waals surface area contributed by atoms with E-state index in [1.54, 1.807) is 63.5 Å². The molecule has 0 aliphatic carbocycles. The number of alkyl carbamates (subject to hydrolysis) is 1. The number of imide groups is 1. The fourth-order valence-corrected chi connectivity index (χ4v) is 3.67. The van der Waals surface area contributed by atoms with E-state index < -0.39 is 48.1 Å². The molecular weight excluding hydrogens is 534 g/mol. The number of rotatable bonds is 13. The number of nitrogens with one attached hydrogen (secondary N) is 3. The van der Waals surface area contributed by atoms with Crippen LogP contribution < -0.4 is 16.0 Å². The summed E-state index contributed by atoms with van der Waals surface area (Å²) in [5, 5.41) is 7.90. The van der Waals surface area contributed by atoms with Gasteiger partial charge in [-0.05, 0) is 38.8 Å². The van der Waals surface area contributed by atoms with Crippen molar-refractivity contribution < 1.29 is 33.4 Å². The number of nitrogens with zero attached hydrogens (tertiary/aromatic N) is 4. The zero-order chi connectivity index (χ0) is 29.8. The molecule has 1 unspecified atom stereocenters. The number of carbonyl (C=O) groups excluding carboxylic acids is 5. The van der Waals surface area contributed by atoms with Gasteiger partial charge < -0.3 is 30.3 Å². The first-order valence-electron chi connectivity index (χ1n) is 13.1. The molecule has 3 rings (SSSR count). The summed E-state index contributed by atoms with van der Waals surface area (Å²) >= 11 is 0. The van der Waals surface area contributed by atoms with Gasteiger partial charge in [-0.3, -0.25) is 14.5 Å². The molecule has 1 aliphatic rings. The first-order valence-corrected chi connectivity index (χ1v) is 13.1. The first kappa shape index (κ1) is 30.8. The third-order valence-corrected chi connectivity index (χ3v) is 5.58.